The second kappa shape index (κ2) is 4.65. The van der Waals surface area contributed by atoms with Gasteiger partial charge in [-0.05, 0) is 57.6 Å². The Bertz CT molecular complexity index is 379. The third-order valence-corrected chi connectivity index (χ3v) is 4.29. The Kier molecular flexibility index (Phi) is 4.00. The van der Waals surface area contributed by atoms with Gasteiger partial charge in [0.15, 0.2) is 5.78 Å². The van der Waals surface area contributed by atoms with Crippen molar-refractivity contribution in [3.8, 4) is 0 Å². The van der Waals surface area contributed by atoms with Crippen molar-refractivity contribution in [2.24, 2.45) is 0 Å². The van der Waals surface area contributed by atoms with Gasteiger partial charge in [0.05, 0.1) is 0 Å². The number of carbonyl (C=O) groups is 1. The molecule has 0 spiro atoms. The third kappa shape index (κ3) is 2.31. The first kappa shape index (κ1) is 12.0. The molecule has 5 heteroatoms. The van der Waals surface area contributed by atoms with Crippen LogP contribution in [0, 0.1) is 3.57 Å². The number of ketones is 1. The maximum absolute atomic E-state index is 12.7. The minimum atomic E-state index is -2.63. The molecule has 0 radical (unpaired) electrons. The van der Waals surface area contributed by atoms with Crippen LogP contribution in [0.4, 0.5) is 8.78 Å². The van der Waals surface area contributed by atoms with Gasteiger partial charge in [0.1, 0.15) is 0 Å². The van der Waals surface area contributed by atoms with E-state index in [9.17, 15) is 13.6 Å². The van der Waals surface area contributed by atoms with E-state index in [2.05, 4.69) is 15.9 Å². The summed E-state index contributed by atoms with van der Waals surface area (Å²) in [5.41, 5.74) is -0.0972. The maximum Gasteiger partial charge on any atom is 0.265 e. The molecule has 14 heavy (non-hydrogen) atoms. The van der Waals surface area contributed by atoms with Crippen molar-refractivity contribution in [2.45, 2.75) is 13.3 Å². The molecule has 0 aliphatic carbocycles. The molecule has 0 N–H and O–H groups in total. The highest BCUT2D eigenvalue weighted by molar-refractivity contribution is 14.1. The second-order valence-corrected chi connectivity index (χ2v) is 4.61. The fourth-order valence-corrected chi connectivity index (χ4v) is 2.14. The first-order chi connectivity index (χ1) is 6.45. The van der Waals surface area contributed by atoms with Gasteiger partial charge in [-0.25, -0.2) is 8.78 Å². The molecule has 0 aromatic heterocycles. The molecule has 0 saturated carbocycles. The van der Waals surface area contributed by atoms with Crippen molar-refractivity contribution in [1.29, 1.82) is 0 Å². The Morgan fingerprint density at radius 1 is 1.50 bits per heavy atom. The van der Waals surface area contributed by atoms with Crippen molar-refractivity contribution >= 4 is 44.3 Å². The van der Waals surface area contributed by atoms with Crippen molar-refractivity contribution in [2.75, 3.05) is 0 Å². The zero-order valence-corrected chi connectivity index (χ0v) is 10.9. The summed E-state index contributed by atoms with van der Waals surface area (Å²) in [4.78, 5) is 11.1. The van der Waals surface area contributed by atoms with Gasteiger partial charge in [0.2, 0.25) is 0 Å². The van der Waals surface area contributed by atoms with E-state index in [0.717, 1.165) is 0 Å². The molecule has 0 aliphatic rings. The van der Waals surface area contributed by atoms with Gasteiger partial charge in [-0.1, -0.05) is 0 Å². The Hall–Kier alpha value is -0.0400. The predicted octanol–water partition coefficient (Wildman–Crippen LogP) is 4.19. The number of alkyl halides is 2. The van der Waals surface area contributed by atoms with Crippen molar-refractivity contribution in [3.63, 3.8) is 0 Å². The van der Waals surface area contributed by atoms with Gasteiger partial charge in [0, 0.05) is 19.2 Å². The summed E-state index contributed by atoms with van der Waals surface area (Å²) < 4.78 is 26.3. The third-order valence-electron chi connectivity index (χ3n) is 1.73. The zero-order chi connectivity index (χ0) is 10.9. The SMILES string of the molecule is CC(=O)c1ccc(Br)c(I)c1C(F)F. The largest absolute Gasteiger partial charge is 0.294 e. The standard InChI is InChI=1S/C9H6BrF2IO/c1-4(14)5-2-3-6(10)8(13)7(5)9(11)12/h2-3,9H,1H3. The Morgan fingerprint density at radius 2 is 2.07 bits per heavy atom. The smallest absolute Gasteiger partial charge is 0.265 e. The van der Waals surface area contributed by atoms with Crippen molar-refractivity contribution < 1.29 is 13.6 Å². The number of Topliss-reactive ketones (excluding diaryl/α,β-unsaturated/α-hetero) is 1. The van der Waals surface area contributed by atoms with E-state index in [0.29, 0.717) is 8.04 Å². The number of hydrogen-bond acceptors (Lipinski definition) is 1. The second-order valence-electron chi connectivity index (χ2n) is 2.68. The highest BCUT2D eigenvalue weighted by Gasteiger charge is 2.20. The van der Waals surface area contributed by atoms with Crippen LogP contribution in [-0.4, -0.2) is 5.78 Å². The number of carbonyl (C=O) groups excluding carboxylic acids is 1. The van der Waals surface area contributed by atoms with Gasteiger partial charge in [-0.2, -0.15) is 0 Å². The van der Waals surface area contributed by atoms with Crippen LogP contribution in [0.3, 0.4) is 0 Å². The highest BCUT2D eigenvalue weighted by Crippen LogP contribution is 2.33. The molecule has 1 aromatic carbocycles. The van der Waals surface area contributed by atoms with Crippen LogP contribution in [0.25, 0.3) is 0 Å². The lowest BCUT2D eigenvalue weighted by molar-refractivity contribution is 0.0998. The molecule has 0 atom stereocenters. The Morgan fingerprint density at radius 3 is 2.50 bits per heavy atom. The van der Waals surface area contributed by atoms with Crippen molar-refractivity contribution in [1.82, 2.24) is 0 Å². The van der Waals surface area contributed by atoms with E-state index < -0.39 is 6.43 Å². The summed E-state index contributed by atoms with van der Waals surface area (Å²) in [6, 6.07) is 3.01. The number of halogens is 4. The summed E-state index contributed by atoms with van der Waals surface area (Å²) in [6.45, 7) is 1.28. The van der Waals surface area contributed by atoms with E-state index in [-0.39, 0.29) is 16.9 Å². The average Bonchev–Trinajstić information content (AvgIpc) is 2.08. The first-order valence-corrected chi connectivity index (χ1v) is 5.59. The summed E-state index contributed by atoms with van der Waals surface area (Å²) in [7, 11) is 0. The molecule has 0 fully saturated rings. The van der Waals surface area contributed by atoms with E-state index in [4.69, 9.17) is 0 Å². The van der Waals surface area contributed by atoms with Crippen LogP contribution in [0.1, 0.15) is 29.3 Å². The van der Waals surface area contributed by atoms with Gasteiger partial charge in [-0.3, -0.25) is 4.79 Å². The number of rotatable bonds is 2. The van der Waals surface area contributed by atoms with Crippen LogP contribution < -0.4 is 0 Å². The van der Waals surface area contributed by atoms with E-state index >= 15 is 0 Å². The summed E-state index contributed by atoms with van der Waals surface area (Å²) in [6.07, 6.45) is -2.63. The summed E-state index contributed by atoms with van der Waals surface area (Å²) in [5.74, 6) is -0.342. The van der Waals surface area contributed by atoms with Crippen LogP contribution in [0.5, 0.6) is 0 Å². The maximum atomic E-state index is 12.7. The quantitative estimate of drug-likeness (QED) is 0.560. The molecule has 0 saturated heterocycles. The topological polar surface area (TPSA) is 17.1 Å². The van der Waals surface area contributed by atoms with Crippen LogP contribution in [0.15, 0.2) is 16.6 Å². The van der Waals surface area contributed by atoms with Gasteiger partial charge in [0.25, 0.3) is 6.43 Å². The Labute approximate surface area is 102 Å². The van der Waals surface area contributed by atoms with E-state index in [1.807, 2.05) is 0 Å². The van der Waals surface area contributed by atoms with Crippen LogP contribution in [-0.2, 0) is 0 Å². The lowest BCUT2D eigenvalue weighted by Gasteiger charge is -2.09. The fraction of sp³-hybridized carbons (Fsp3) is 0.222. The molecule has 0 heterocycles. The van der Waals surface area contributed by atoms with E-state index in [1.54, 1.807) is 28.7 Å². The first-order valence-electron chi connectivity index (χ1n) is 3.72. The lowest BCUT2D eigenvalue weighted by Crippen LogP contribution is -2.03. The van der Waals surface area contributed by atoms with Gasteiger partial charge in [-0.15, -0.1) is 0 Å². The molecule has 1 aromatic rings. The summed E-state index contributed by atoms with van der Waals surface area (Å²) >= 11 is 4.95. The average molecular weight is 375 g/mol. The molecular weight excluding hydrogens is 369 g/mol. The molecule has 1 rings (SSSR count). The molecular formula is C9H6BrF2IO. The number of hydrogen-bond donors (Lipinski definition) is 0. The minimum absolute atomic E-state index is 0.0904. The highest BCUT2D eigenvalue weighted by atomic mass is 127. The van der Waals surface area contributed by atoms with Gasteiger partial charge >= 0.3 is 0 Å². The molecule has 0 unspecified atom stereocenters. The van der Waals surface area contributed by atoms with Crippen molar-refractivity contribution in [3.05, 3.63) is 31.3 Å². The van der Waals surface area contributed by atoms with Crippen LogP contribution in [0.2, 0.25) is 0 Å². The molecule has 1 nitrogen and oxygen atoms in total. The minimum Gasteiger partial charge on any atom is -0.294 e. The molecule has 0 bridgehead atoms. The normalized spacial score (nSPS) is 10.7. The molecule has 76 valence electrons. The molecule has 0 aliphatic heterocycles. The molecule has 0 amide bonds. The monoisotopic (exact) mass is 374 g/mol. The zero-order valence-electron chi connectivity index (χ0n) is 7.15. The fourth-order valence-electron chi connectivity index (χ4n) is 1.09. The van der Waals surface area contributed by atoms with Crippen LogP contribution >= 0.6 is 38.5 Å². The van der Waals surface area contributed by atoms with Gasteiger partial charge < -0.3 is 0 Å². The summed E-state index contributed by atoms with van der Waals surface area (Å²) in [5, 5.41) is 0. The van der Waals surface area contributed by atoms with E-state index in [1.165, 1.54) is 13.0 Å². The predicted molar refractivity (Wildman–Crippen MR) is 61.8 cm³/mol. The number of benzene rings is 1. The Balaban J connectivity index is 3.45. The lowest BCUT2D eigenvalue weighted by atomic mass is 10.1.